The summed E-state index contributed by atoms with van der Waals surface area (Å²) in [6.45, 7) is 4.95. The number of hydrogen-bond acceptors (Lipinski definition) is 5. The number of benzene rings is 2. The molecule has 0 atom stereocenters. The molecule has 1 aliphatic rings. The van der Waals surface area contributed by atoms with E-state index in [9.17, 15) is 22.8 Å². The lowest BCUT2D eigenvalue weighted by molar-refractivity contribution is -0.137. The topological polar surface area (TPSA) is 70.0 Å². The number of rotatable bonds is 6. The van der Waals surface area contributed by atoms with Crippen LogP contribution >= 0.6 is 0 Å². The van der Waals surface area contributed by atoms with E-state index in [1.54, 1.807) is 45.0 Å². The molecule has 1 aromatic heterocycles. The van der Waals surface area contributed by atoms with Crippen molar-refractivity contribution in [1.29, 1.82) is 0 Å². The quantitative estimate of drug-likeness (QED) is 0.283. The number of carbonyl (C=O) groups is 2. The fraction of sp³-hybridized carbons (Fsp3) is 0.241. The number of hydrogen-bond donors (Lipinski definition) is 0. The van der Waals surface area contributed by atoms with Gasteiger partial charge in [-0.3, -0.25) is 9.69 Å². The van der Waals surface area contributed by atoms with Crippen LogP contribution in [0, 0.1) is 13.8 Å². The van der Waals surface area contributed by atoms with Gasteiger partial charge in [0.1, 0.15) is 0 Å². The van der Waals surface area contributed by atoms with Crippen LogP contribution in [0.1, 0.15) is 29.4 Å². The van der Waals surface area contributed by atoms with Gasteiger partial charge in [0.05, 0.1) is 49.4 Å². The van der Waals surface area contributed by atoms with Gasteiger partial charge in [0, 0.05) is 23.2 Å². The minimum atomic E-state index is -4.56. The monoisotopic (exact) mass is 540 g/mol. The molecule has 1 amide bonds. The van der Waals surface area contributed by atoms with Gasteiger partial charge < -0.3 is 18.8 Å². The third-order valence-corrected chi connectivity index (χ3v) is 6.64. The largest absolute Gasteiger partial charge is 0.493 e. The van der Waals surface area contributed by atoms with Crippen LogP contribution in [0.25, 0.3) is 11.8 Å². The molecule has 0 saturated heterocycles. The van der Waals surface area contributed by atoms with Gasteiger partial charge in [-0.15, -0.1) is 0 Å². The standard InChI is InChI=1S/C29H27F3N2O5/c1-16-13-19(17(2)33(16)23-10-8-7-9-22(23)29(30,31)32)14-21-26(28(36)39-6)18(3)34(27(21)35)20-11-12-24(37-4)25(15-20)38-5/h7-15H,1-6H3/b21-14-. The highest BCUT2D eigenvalue weighted by Gasteiger charge is 2.39. The Kier molecular flexibility index (Phi) is 7.32. The molecule has 2 aromatic carbocycles. The summed E-state index contributed by atoms with van der Waals surface area (Å²) in [4.78, 5) is 27.9. The van der Waals surface area contributed by atoms with Gasteiger partial charge in [0.2, 0.25) is 0 Å². The molecule has 0 radical (unpaired) electrons. The van der Waals surface area contributed by atoms with E-state index >= 15 is 0 Å². The van der Waals surface area contributed by atoms with Crippen molar-refractivity contribution in [2.24, 2.45) is 0 Å². The van der Waals surface area contributed by atoms with Gasteiger partial charge >= 0.3 is 12.1 Å². The number of esters is 1. The Bertz CT molecular complexity index is 1530. The molecule has 0 bridgehead atoms. The third kappa shape index (κ3) is 4.78. The molecular weight excluding hydrogens is 513 g/mol. The third-order valence-electron chi connectivity index (χ3n) is 6.64. The maximum Gasteiger partial charge on any atom is 0.418 e. The summed E-state index contributed by atoms with van der Waals surface area (Å²) >= 11 is 0. The number of halogens is 3. The van der Waals surface area contributed by atoms with Gasteiger partial charge in [-0.05, 0) is 62.7 Å². The first-order chi connectivity index (χ1) is 18.4. The Hall–Kier alpha value is -4.47. The van der Waals surface area contributed by atoms with Gasteiger partial charge in [-0.1, -0.05) is 12.1 Å². The van der Waals surface area contributed by atoms with Crippen LogP contribution in [0.4, 0.5) is 18.9 Å². The molecule has 10 heteroatoms. The lowest BCUT2D eigenvalue weighted by Crippen LogP contribution is -2.24. The molecule has 204 valence electrons. The summed E-state index contributed by atoms with van der Waals surface area (Å²) in [7, 11) is 4.17. The second kappa shape index (κ2) is 10.4. The van der Waals surface area contributed by atoms with E-state index < -0.39 is 23.6 Å². The number of aromatic nitrogens is 1. The molecule has 0 aliphatic carbocycles. The first kappa shape index (κ1) is 27.6. The Morgan fingerprint density at radius 2 is 1.59 bits per heavy atom. The van der Waals surface area contributed by atoms with Crippen molar-refractivity contribution < 1.29 is 37.0 Å². The maximum absolute atomic E-state index is 13.8. The van der Waals surface area contributed by atoms with Crippen molar-refractivity contribution >= 4 is 23.6 Å². The van der Waals surface area contributed by atoms with E-state index in [4.69, 9.17) is 14.2 Å². The van der Waals surface area contributed by atoms with Gasteiger partial charge in [0.25, 0.3) is 5.91 Å². The molecule has 0 N–H and O–H groups in total. The minimum absolute atomic E-state index is 0.0331. The number of ether oxygens (including phenoxy) is 3. The smallest absolute Gasteiger partial charge is 0.418 e. The van der Waals surface area contributed by atoms with Gasteiger partial charge in [-0.2, -0.15) is 13.2 Å². The summed E-state index contributed by atoms with van der Waals surface area (Å²) in [6, 6.07) is 11.9. The average Bonchev–Trinajstić information content (AvgIpc) is 3.32. The maximum atomic E-state index is 13.8. The van der Waals surface area contributed by atoms with Crippen LogP contribution in [-0.4, -0.2) is 37.8 Å². The second-order valence-corrected chi connectivity index (χ2v) is 8.87. The number of para-hydroxylation sites is 1. The predicted molar refractivity (Wildman–Crippen MR) is 140 cm³/mol. The van der Waals surface area contributed by atoms with E-state index in [0.29, 0.717) is 39.8 Å². The average molecular weight is 541 g/mol. The van der Waals surface area contributed by atoms with Crippen LogP contribution in [0.5, 0.6) is 11.5 Å². The number of alkyl halides is 3. The second-order valence-electron chi connectivity index (χ2n) is 8.87. The fourth-order valence-electron chi connectivity index (χ4n) is 4.82. The van der Waals surface area contributed by atoms with Crippen LogP contribution < -0.4 is 14.4 Å². The van der Waals surface area contributed by atoms with E-state index in [1.165, 1.54) is 55.1 Å². The lowest BCUT2D eigenvalue weighted by Gasteiger charge is -2.19. The van der Waals surface area contributed by atoms with E-state index in [0.717, 1.165) is 6.07 Å². The number of aryl methyl sites for hydroxylation is 1. The summed E-state index contributed by atoms with van der Waals surface area (Å²) < 4.78 is 58.4. The van der Waals surface area contributed by atoms with Crippen molar-refractivity contribution in [3.63, 3.8) is 0 Å². The number of methoxy groups -OCH3 is 3. The summed E-state index contributed by atoms with van der Waals surface area (Å²) in [5.41, 5.74) is 1.54. The molecule has 39 heavy (non-hydrogen) atoms. The van der Waals surface area contributed by atoms with Crippen molar-refractivity contribution in [2.45, 2.75) is 26.9 Å². The number of nitrogens with zero attached hydrogens (tertiary/aromatic N) is 2. The van der Waals surface area contributed by atoms with E-state index in [-0.39, 0.29) is 16.8 Å². The molecule has 1 aliphatic heterocycles. The molecule has 0 saturated carbocycles. The van der Waals surface area contributed by atoms with Crippen LogP contribution in [-0.2, 0) is 20.5 Å². The van der Waals surface area contributed by atoms with E-state index in [2.05, 4.69) is 0 Å². The Morgan fingerprint density at radius 3 is 2.21 bits per heavy atom. The van der Waals surface area contributed by atoms with E-state index in [1.807, 2.05) is 0 Å². The molecule has 4 rings (SSSR count). The Morgan fingerprint density at radius 1 is 0.923 bits per heavy atom. The lowest BCUT2D eigenvalue weighted by atomic mass is 10.0. The molecule has 0 spiro atoms. The summed E-state index contributed by atoms with van der Waals surface area (Å²) in [5.74, 6) is -0.364. The van der Waals surface area contributed by atoms with Crippen molar-refractivity contribution in [2.75, 3.05) is 26.2 Å². The molecule has 0 unspecified atom stereocenters. The first-order valence-electron chi connectivity index (χ1n) is 11.9. The van der Waals surface area contributed by atoms with Crippen molar-refractivity contribution in [3.8, 4) is 17.2 Å². The number of carbonyl (C=O) groups excluding carboxylic acids is 2. The number of allylic oxidation sites excluding steroid dienone is 1. The zero-order valence-corrected chi connectivity index (χ0v) is 22.3. The highest BCUT2D eigenvalue weighted by Crippen LogP contribution is 2.40. The Labute approximate surface area is 223 Å². The Balaban J connectivity index is 1.87. The van der Waals surface area contributed by atoms with Gasteiger partial charge in [0.15, 0.2) is 11.5 Å². The highest BCUT2D eigenvalue weighted by molar-refractivity contribution is 6.24. The molecule has 3 aromatic rings. The van der Waals surface area contributed by atoms with Gasteiger partial charge in [-0.25, -0.2) is 4.79 Å². The zero-order chi connectivity index (χ0) is 28.6. The van der Waals surface area contributed by atoms with Crippen molar-refractivity contribution in [1.82, 2.24) is 4.57 Å². The minimum Gasteiger partial charge on any atom is -0.493 e. The van der Waals surface area contributed by atoms with Crippen LogP contribution in [0.2, 0.25) is 0 Å². The molecule has 2 heterocycles. The molecule has 0 fully saturated rings. The van der Waals surface area contributed by atoms with Crippen molar-refractivity contribution in [3.05, 3.63) is 87.9 Å². The first-order valence-corrected chi connectivity index (χ1v) is 11.9. The summed E-state index contributed by atoms with van der Waals surface area (Å²) in [6.07, 6.45) is -3.05. The highest BCUT2D eigenvalue weighted by atomic mass is 19.4. The molecule has 7 nitrogen and oxygen atoms in total. The molecular formula is C29H27F3N2O5. The fourth-order valence-corrected chi connectivity index (χ4v) is 4.82. The van der Waals surface area contributed by atoms with Crippen LogP contribution in [0.15, 0.2) is 65.4 Å². The number of anilines is 1. The normalized spacial score (nSPS) is 14.8. The predicted octanol–water partition coefficient (Wildman–Crippen LogP) is 6.01. The zero-order valence-electron chi connectivity index (χ0n) is 22.3. The SMILES string of the molecule is COC(=O)C1=C(C)N(c2ccc(OC)c(OC)c2)C(=O)/C1=C\c1cc(C)n(-c2ccccc2C(F)(F)F)c1C. The van der Waals surface area contributed by atoms with Crippen LogP contribution in [0.3, 0.4) is 0 Å². The number of amides is 1. The summed E-state index contributed by atoms with van der Waals surface area (Å²) in [5, 5.41) is 0.